The molecule has 0 aliphatic carbocycles. The van der Waals surface area contributed by atoms with Gasteiger partial charge in [-0.1, -0.05) is 0 Å². The van der Waals surface area contributed by atoms with Gasteiger partial charge in [-0.3, -0.25) is 39.0 Å². The zero-order valence-corrected chi connectivity index (χ0v) is 30.6. The summed E-state index contributed by atoms with van der Waals surface area (Å²) in [5.41, 5.74) is 7.85. The number of carbonyl (C=O) groups excluding carboxylic acids is 6. The summed E-state index contributed by atoms with van der Waals surface area (Å²) in [4.78, 5) is 92.4. The Balaban J connectivity index is 0.814. The number of amides is 6. The first-order valence-electron chi connectivity index (χ1n) is 18.3. The van der Waals surface area contributed by atoms with E-state index < -0.39 is 35.6 Å². The summed E-state index contributed by atoms with van der Waals surface area (Å²) in [6.07, 6.45) is 4.25. The predicted octanol–water partition coefficient (Wildman–Crippen LogP) is 1.03. The number of nitrogens with one attached hydrogen (secondary N) is 3. The van der Waals surface area contributed by atoms with E-state index in [1.165, 1.54) is 11.5 Å². The molecule has 54 heavy (non-hydrogen) atoms. The van der Waals surface area contributed by atoms with Gasteiger partial charge in [-0.25, -0.2) is 9.97 Å². The highest BCUT2D eigenvalue weighted by atomic mass is 32.1. The monoisotopic (exact) mass is 755 g/mol. The molecule has 7 heterocycles. The molecule has 17 nitrogen and oxygen atoms in total. The maximum atomic E-state index is 13.4. The van der Waals surface area contributed by atoms with E-state index >= 15 is 0 Å². The molecular weight excluding hydrogens is 715 g/mol. The summed E-state index contributed by atoms with van der Waals surface area (Å²) in [6.45, 7) is 7.16. The number of benzene rings is 1. The first-order valence-corrected chi connectivity index (χ1v) is 19.0. The first kappa shape index (κ1) is 35.5. The topological polar surface area (TPSA) is 216 Å². The van der Waals surface area contributed by atoms with Crippen LogP contribution in [0.4, 0.5) is 22.3 Å². The second kappa shape index (κ2) is 14.4. The first-order chi connectivity index (χ1) is 26.0. The van der Waals surface area contributed by atoms with Crippen LogP contribution in [0.1, 0.15) is 69.0 Å². The molecule has 5 aliphatic rings. The predicted molar refractivity (Wildman–Crippen MR) is 197 cm³/mol. The second-order valence-corrected chi connectivity index (χ2v) is 15.5. The van der Waals surface area contributed by atoms with Crippen LogP contribution in [-0.2, 0) is 14.4 Å². The minimum atomic E-state index is -0.991. The maximum absolute atomic E-state index is 13.4. The number of imide groups is 2. The SMILES string of the molecule is Cc1cc(Nc2nc(N3CCC[C@@H](NC(=O)C4CCN(CC5CN(c6ccc7c(c6)C(=O)N(C6CCC(=O)NC6=O)C7=O)C5)C4)C3)cnc2C(N)=O)sn1. The van der Waals surface area contributed by atoms with Crippen molar-refractivity contribution in [3.63, 3.8) is 0 Å². The van der Waals surface area contributed by atoms with Crippen molar-refractivity contribution in [1.82, 2.24) is 34.8 Å². The molecular formula is C36H41N11O6S. The lowest BCUT2D eigenvalue weighted by molar-refractivity contribution is -0.136. The molecule has 6 amide bonds. The lowest BCUT2D eigenvalue weighted by atomic mass is 9.97. The zero-order valence-electron chi connectivity index (χ0n) is 29.7. The number of piperidine rings is 2. The van der Waals surface area contributed by atoms with Crippen molar-refractivity contribution in [2.24, 2.45) is 17.6 Å². The number of aromatic nitrogens is 3. The zero-order chi connectivity index (χ0) is 37.7. The molecule has 3 atom stereocenters. The van der Waals surface area contributed by atoms with E-state index in [0.29, 0.717) is 24.8 Å². The van der Waals surface area contributed by atoms with Gasteiger partial charge in [0.2, 0.25) is 17.7 Å². The van der Waals surface area contributed by atoms with E-state index in [-0.39, 0.29) is 53.3 Å². The molecule has 0 saturated carbocycles. The van der Waals surface area contributed by atoms with Gasteiger partial charge in [-0.2, -0.15) is 4.37 Å². The summed E-state index contributed by atoms with van der Waals surface area (Å²) >= 11 is 1.25. The van der Waals surface area contributed by atoms with Crippen LogP contribution >= 0.6 is 11.5 Å². The van der Waals surface area contributed by atoms with Gasteiger partial charge in [0.25, 0.3) is 17.7 Å². The van der Waals surface area contributed by atoms with Crippen molar-refractivity contribution in [2.45, 2.75) is 51.1 Å². The van der Waals surface area contributed by atoms with Gasteiger partial charge in [0.1, 0.15) is 16.9 Å². The number of hydrogen-bond acceptors (Lipinski definition) is 14. The van der Waals surface area contributed by atoms with Crippen LogP contribution in [-0.4, -0.2) is 117 Å². The summed E-state index contributed by atoms with van der Waals surface area (Å²) in [6, 6.07) is 6.01. The molecule has 8 rings (SSSR count). The Kier molecular flexibility index (Phi) is 9.47. The molecule has 2 aromatic heterocycles. The summed E-state index contributed by atoms with van der Waals surface area (Å²) in [5, 5.41) is 9.36. The third kappa shape index (κ3) is 6.98. The minimum absolute atomic E-state index is 0.0459. The van der Waals surface area contributed by atoms with Gasteiger partial charge in [0.15, 0.2) is 11.5 Å². The summed E-state index contributed by atoms with van der Waals surface area (Å²) in [5.74, 6) is -1.52. The molecule has 4 fully saturated rings. The van der Waals surface area contributed by atoms with E-state index in [1.807, 2.05) is 19.1 Å². The molecule has 1 aromatic carbocycles. The van der Waals surface area contributed by atoms with Crippen molar-refractivity contribution in [3.8, 4) is 0 Å². The number of likely N-dealkylation sites (tertiary alicyclic amines) is 1. The number of nitrogens with two attached hydrogens (primary N) is 1. The third-order valence-corrected chi connectivity index (χ3v) is 11.7. The van der Waals surface area contributed by atoms with E-state index in [0.717, 1.165) is 73.3 Å². The highest BCUT2D eigenvalue weighted by Gasteiger charge is 2.45. The Hall–Kier alpha value is -5.49. The van der Waals surface area contributed by atoms with Crippen LogP contribution in [0.2, 0.25) is 0 Å². The van der Waals surface area contributed by atoms with E-state index in [1.54, 1.807) is 18.3 Å². The number of primary amides is 1. The molecule has 0 radical (unpaired) electrons. The number of rotatable bonds is 10. The Morgan fingerprint density at radius 2 is 1.80 bits per heavy atom. The number of carbonyl (C=O) groups is 6. The average molecular weight is 756 g/mol. The number of aryl methyl sites for hydroxylation is 1. The molecule has 2 unspecified atom stereocenters. The van der Waals surface area contributed by atoms with Crippen molar-refractivity contribution < 1.29 is 28.8 Å². The summed E-state index contributed by atoms with van der Waals surface area (Å²) < 4.78 is 4.26. The maximum Gasteiger partial charge on any atom is 0.271 e. The Morgan fingerprint density at radius 3 is 2.56 bits per heavy atom. The number of anilines is 4. The van der Waals surface area contributed by atoms with Crippen molar-refractivity contribution in [1.29, 1.82) is 0 Å². The Morgan fingerprint density at radius 1 is 0.981 bits per heavy atom. The highest BCUT2D eigenvalue weighted by molar-refractivity contribution is 7.10. The fourth-order valence-electron chi connectivity index (χ4n) is 8.09. The molecule has 0 bridgehead atoms. The normalized spacial score (nSPS) is 23.4. The van der Waals surface area contributed by atoms with Gasteiger partial charge in [-0.05, 0) is 74.9 Å². The lowest BCUT2D eigenvalue weighted by Crippen LogP contribution is -2.54. The van der Waals surface area contributed by atoms with Gasteiger partial charge < -0.3 is 31.1 Å². The van der Waals surface area contributed by atoms with Crippen LogP contribution in [0.25, 0.3) is 0 Å². The van der Waals surface area contributed by atoms with Gasteiger partial charge in [-0.15, -0.1) is 0 Å². The van der Waals surface area contributed by atoms with Gasteiger partial charge in [0.05, 0.1) is 28.9 Å². The number of hydrogen-bond donors (Lipinski definition) is 4. The lowest BCUT2D eigenvalue weighted by Gasteiger charge is -2.42. The van der Waals surface area contributed by atoms with Gasteiger partial charge in [0, 0.05) is 63.3 Å². The van der Waals surface area contributed by atoms with Crippen LogP contribution in [0.15, 0.2) is 30.5 Å². The van der Waals surface area contributed by atoms with Crippen molar-refractivity contribution in [2.75, 3.05) is 60.9 Å². The fourth-order valence-corrected chi connectivity index (χ4v) is 8.75. The van der Waals surface area contributed by atoms with Crippen molar-refractivity contribution in [3.05, 3.63) is 53.0 Å². The highest BCUT2D eigenvalue weighted by Crippen LogP contribution is 2.34. The van der Waals surface area contributed by atoms with Crippen LogP contribution < -0.4 is 31.5 Å². The molecule has 18 heteroatoms. The van der Waals surface area contributed by atoms with Crippen LogP contribution in [0.5, 0.6) is 0 Å². The van der Waals surface area contributed by atoms with Crippen LogP contribution in [0.3, 0.4) is 0 Å². The Bertz CT molecular complexity index is 2050. The number of fused-ring (bicyclic) bond motifs is 1. The number of nitrogens with zero attached hydrogens (tertiary/aromatic N) is 7. The minimum Gasteiger partial charge on any atom is -0.371 e. The fraction of sp³-hybridized carbons (Fsp3) is 0.472. The molecule has 5 N–H and O–H groups in total. The molecule has 0 spiro atoms. The van der Waals surface area contributed by atoms with Crippen molar-refractivity contribution >= 4 is 69.3 Å². The third-order valence-electron chi connectivity index (χ3n) is 10.9. The standard InChI is InChI=1S/C36H41N11O6S/c1-19-11-29(54-43-19)42-32-30(31(37)49)38-13-27(40-32)45-9-2-3-22(18-45)39-33(50)21-8-10-44(17-21)14-20-15-46(16-20)23-4-5-24-25(12-23)36(53)47(35(24)52)26-6-7-28(48)41-34(26)51/h4-5,11-13,20-22,26H,2-3,6-10,14-18H2,1H3,(H2,37,49)(H,39,50)(H,40,42)(H,41,48,51)/t21?,22-,26?/m1/s1. The molecule has 3 aromatic rings. The quantitative estimate of drug-likeness (QED) is 0.213. The summed E-state index contributed by atoms with van der Waals surface area (Å²) in [7, 11) is 0. The van der Waals surface area contributed by atoms with E-state index in [2.05, 4.69) is 40.0 Å². The molecule has 4 saturated heterocycles. The van der Waals surface area contributed by atoms with E-state index in [9.17, 15) is 28.8 Å². The average Bonchev–Trinajstić information content (AvgIpc) is 3.84. The smallest absolute Gasteiger partial charge is 0.271 e. The molecule has 282 valence electrons. The second-order valence-electron chi connectivity index (χ2n) is 14.7. The van der Waals surface area contributed by atoms with Crippen LogP contribution in [0, 0.1) is 18.8 Å². The van der Waals surface area contributed by atoms with Gasteiger partial charge >= 0.3 is 0 Å². The molecule has 5 aliphatic heterocycles. The van der Waals surface area contributed by atoms with E-state index in [4.69, 9.17) is 10.7 Å². The largest absolute Gasteiger partial charge is 0.371 e. The Labute approximate surface area is 314 Å².